The van der Waals surface area contributed by atoms with Crippen molar-refractivity contribution in [3.05, 3.63) is 24.2 Å². The highest BCUT2D eigenvalue weighted by atomic mass is 16.3. The van der Waals surface area contributed by atoms with Gasteiger partial charge in [-0.25, -0.2) is 0 Å². The van der Waals surface area contributed by atoms with E-state index in [2.05, 4.69) is 15.5 Å². The largest absolute Gasteiger partial charge is 0.468 e. The molecule has 1 saturated heterocycles. The van der Waals surface area contributed by atoms with Crippen LogP contribution in [0.2, 0.25) is 0 Å². The van der Waals surface area contributed by atoms with Gasteiger partial charge in [0.15, 0.2) is 5.96 Å². The van der Waals surface area contributed by atoms with Gasteiger partial charge >= 0.3 is 0 Å². The Morgan fingerprint density at radius 2 is 2.12 bits per heavy atom. The Kier molecular flexibility index (Phi) is 7.78. The number of carbonyl (C=O) groups excluding carboxylic acids is 1. The maximum absolute atomic E-state index is 11.7. The molecule has 0 bridgehead atoms. The van der Waals surface area contributed by atoms with Crippen molar-refractivity contribution < 1.29 is 9.21 Å². The molecule has 7 nitrogen and oxygen atoms in total. The molecule has 140 valence electrons. The highest BCUT2D eigenvalue weighted by molar-refractivity contribution is 5.81. The van der Waals surface area contributed by atoms with Gasteiger partial charge in [-0.1, -0.05) is 0 Å². The van der Waals surface area contributed by atoms with Crippen LogP contribution in [0.1, 0.15) is 38.0 Å². The van der Waals surface area contributed by atoms with Gasteiger partial charge in [0, 0.05) is 33.6 Å². The summed E-state index contributed by atoms with van der Waals surface area (Å²) in [5, 5.41) is 6.48. The summed E-state index contributed by atoms with van der Waals surface area (Å²) in [5.41, 5.74) is 0. The SMILES string of the molecule is CCNC(=NCC(c1ccco1)N1CCCC1)NCCC(=O)N(C)C. The number of nitrogens with one attached hydrogen (secondary N) is 2. The number of hydrogen-bond acceptors (Lipinski definition) is 4. The molecule has 1 atom stereocenters. The van der Waals surface area contributed by atoms with Crippen LogP contribution in [-0.4, -0.2) is 68.5 Å². The smallest absolute Gasteiger partial charge is 0.223 e. The molecule has 0 aliphatic carbocycles. The highest BCUT2D eigenvalue weighted by Gasteiger charge is 2.25. The van der Waals surface area contributed by atoms with Crippen molar-refractivity contribution in [3.8, 4) is 0 Å². The van der Waals surface area contributed by atoms with E-state index in [1.165, 1.54) is 12.8 Å². The average molecular weight is 349 g/mol. The summed E-state index contributed by atoms with van der Waals surface area (Å²) in [4.78, 5) is 20.4. The van der Waals surface area contributed by atoms with Crippen molar-refractivity contribution in [2.24, 2.45) is 4.99 Å². The van der Waals surface area contributed by atoms with Gasteiger partial charge in [-0.05, 0) is 45.0 Å². The van der Waals surface area contributed by atoms with E-state index in [-0.39, 0.29) is 11.9 Å². The molecular formula is C18H31N5O2. The molecule has 2 rings (SSSR count). The van der Waals surface area contributed by atoms with E-state index in [1.54, 1.807) is 25.3 Å². The fraction of sp³-hybridized carbons (Fsp3) is 0.667. The lowest BCUT2D eigenvalue weighted by Crippen LogP contribution is -2.40. The Balaban J connectivity index is 1.95. The standard InChI is InChI=1S/C18H31N5O2/c1-4-19-18(20-10-9-17(24)22(2)3)21-14-15(16-8-7-13-25-16)23-11-5-6-12-23/h7-8,13,15H,4-6,9-12,14H2,1-3H3,(H2,19,20,21). The van der Waals surface area contributed by atoms with Crippen molar-refractivity contribution in [2.45, 2.75) is 32.2 Å². The lowest BCUT2D eigenvalue weighted by Gasteiger charge is -2.24. The Bertz CT molecular complexity index is 536. The lowest BCUT2D eigenvalue weighted by molar-refractivity contribution is -0.128. The number of furan rings is 1. The number of nitrogens with zero attached hydrogens (tertiary/aromatic N) is 3. The van der Waals surface area contributed by atoms with Gasteiger partial charge < -0.3 is 20.0 Å². The monoisotopic (exact) mass is 349 g/mol. The molecule has 0 aromatic carbocycles. The van der Waals surface area contributed by atoms with Gasteiger partial charge in [-0.3, -0.25) is 14.7 Å². The summed E-state index contributed by atoms with van der Waals surface area (Å²) in [5.74, 6) is 1.81. The first kappa shape index (κ1) is 19.3. The topological polar surface area (TPSA) is 73.1 Å². The predicted molar refractivity (Wildman–Crippen MR) is 99.5 cm³/mol. The molecule has 25 heavy (non-hydrogen) atoms. The number of aliphatic imine (C=N–C) groups is 1. The van der Waals surface area contributed by atoms with Crippen LogP contribution >= 0.6 is 0 Å². The van der Waals surface area contributed by atoms with E-state index in [4.69, 9.17) is 9.41 Å². The molecule has 1 fully saturated rings. The number of likely N-dealkylation sites (tertiary alicyclic amines) is 1. The molecule has 2 N–H and O–H groups in total. The summed E-state index contributed by atoms with van der Waals surface area (Å²) in [6, 6.07) is 4.11. The van der Waals surface area contributed by atoms with E-state index >= 15 is 0 Å². The molecule has 1 unspecified atom stereocenters. The number of carbonyl (C=O) groups is 1. The van der Waals surface area contributed by atoms with Gasteiger partial charge in [0.2, 0.25) is 5.91 Å². The molecule has 2 heterocycles. The summed E-state index contributed by atoms with van der Waals surface area (Å²) >= 11 is 0. The van der Waals surface area contributed by atoms with Gasteiger partial charge in [0.25, 0.3) is 0 Å². The minimum Gasteiger partial charge on any atom is -0.468 e. The predicted octanol–water partition coefficient (Wildman–Crippen LogP) is 1.45. The molecule has 0 saturated carbocycles. The van der Waals surface area contributed by atoms with Gasteiger partial charge in [-0.2, -0.15) is 0 Å². The Morgan fingerprint density at radius 3 is 2.72 bits per heavy atom. The minimum atomic E-state index is 0.105. The van der Waals surface area contributed by atoms with Gasteiger partial charge in [0.1, 0.15) is 5.76 Å². The van der Waals surface area contributed by atoms with E-state index in [9.17, 15) is 4.79 Å². The fourth-order valence-corrected chi connectivity index (χ4v) is 2.95. The molecule has 1 aromatic heterocycles. The Labute approximate surface area is 150 Å². The maximum Gasteiger partial charge on any atom is 0.223 e. The summed E-state index contributed by atoms with van der Waals surface area (Å²) < 4.78 is 5.64. The Morgan fingerprint density at radius 1 is 1.36 bits per heavy atom. The van der Waals surface area contributed by atoms with Gasteiger partial charge in [-0.15, -0.1) is 0 Å². The molecular weight excluding hydrogens is 318 g/mol. The van der Waals surface area contributed by atoms with Gasteiger partial charge in [0.05, 0.1) is 18.8 Å². The van der Waals surface area contributed by atoms with E-state index in [0.717, 1.165) is 31.4 Å². The first-order valence-electron chi connectivity index (χ1n) is 9.11. The molecule has 1 aliphatic rings. The quantitative estimate of drug-likeness (QED) is 0.549. The number of hydrogen-bond donors (Lipinski definition) is 2. The summed E-state index contributed by atoms with van der Waals surface area (Å²) in [6.45, 7) is 6.18. The molecule has 1 aliphatic heterocycles. The average Bonchev–Trinajstić information content (AvgIpc) is 3.29. The van der Waals surface area contributed by atoms with Crippen molar-refractivity contribution in [3.63, 3.8) is 0 Å². The third-order valence-corrected chi connectivity index (χ3v) is 4.35. The first-order chi connectivity index (χ1) is 12.1. The molecule has 1 amide bonds. The van der Waals surface area contributed by atoms with Crippen LogP contribution in [0.4, 0.5) is 0 Å². The van der Waals surface area contributed by atoms with Crippen molar-refractivity contribution in [1.82, 2.24) is 20.4 Å². The lowest BCUT2D eigenvalue weighted by atomic mass is 10.2. The van der Waals surface area contributed by atoms with Crippen LogP contribution in [0, 0.1) is 0 Å². The third kappa shape index (κ3) is 6.08. The van der Waals surface area contributed by atoms with Crippen molar-refractivity contribution >= 4 is 11.9 Å². The van der Waals surface area contributed by atoms with E-state index in [1.807, 2.05) is 19.1 Å². The van der Waals surface area contributed by atoms with Crippen LogP contribution in [0.15, 0.2) is 27.8 Å². The second-order valence-corrected chi connectivity index (χ2v) is 6.46. The molecule has 0 spiro atoms. The molecule has 1 aromatic rings. The zero-order valence-electron chi connectivity index (χ0n) is 15.6. The second-order valence-electron chi connectivity index (χ2n) is 6.46. The molecule has 0 radical (unpaired) electrons. The number of guanidine groups is 1. The second kappa shape index (κ2) is 10.1. The van der Waals surface area contributed by atoms with Crippen LogP contribution in [0.25, 0.3) is 0 Å². The van der Waals surface area contributed by atoms with Crippen LogP contribution in [-0.2, 0) is 4.79 Å². The highest BCUT2D eigenvalue weighted by Crippen LogP contribution is 2.25. The van der Waals surface area contributed by atoms with Crippen LogP contribution < -0.4 is 10.6 Å². The third-order valence-electron chi connectivity index (χ3n) is 4.35. The van der Waals surface area contributed by atoms with Crippen LogP contribution in [0.3, 0.4) is 0 Å². The number of rotatable bonds is 8. The fourth-order valence-electron chi connectivity index (χ4n) is 2.95. The normalized spacial score (nSPS) is 16.7. The van der Waals surface area contributed by atoms with Crippen molar-refractivity contribution in [1.29, 1.82) is 0 Å². The number of amides is 1. The zero-order chi connectivity index (χ0) is 18.1. The van der Waals surface area contributed by atoms with E-state index < -0.39 is 0 Å². The van der Waals surface area contributed by atoms with Crippen LogP contribution in [0.5, 0.6) is 0 Å². The first-order valence-corrected chi connectivity index (χ1v) is 9.11. The minimum absolute atomic E-state index is 0.105. The van der Waals surface area contributed by atoms with E-state index in [0.29, 0.717) is 19.5 Å². The Hall–Kier alpha value is -2.02. The summed E-state index contributed by atoms with van der Waals surface area (Å²) in [7, 11) is 3.54. The summed E-state index contributed by atoms with van der Waals surface area (Å²) in [6.07, 6.45) is 4.63. The molecule has 7 heteroatoms. The van der Waals surface area contributed by atoms with Crippen molar-refractivity contribution in [2.75, 3.05) is 46.8 Å². The maximum atomic E-state index is 11.7. The zero-order valence-corrected chi connectivity index (χ0v) is 15.6.